The van der Waals surface area contributed by atoms with Gasteiger partial charge in [-0.25, -0.2) is 4.98 Å². The van der Waals surface area contributed by atoms with Crippen LogP contribution in [-0.4, -0.2) is 35.6 Å². The van der Waals surface area contributed by atoms with Crippen molar-refractivity contribution in [3.05, 3.63) is 53.6 Å². The van der Waals surface area contributed by atoms with E-state index in [9.17, 15) is 0 Å². The van der Waals surface area contributed by atoms with Gasteiger partial charge in [0.25, 0.3) is 0 Å². The van der Waals surface area contributed by atoms with Gasteiger partial charge >= 0.3 is 0 Å². The van der Waals surface area contributed by atoms with Gasteiger partial charge in [-0.2, -0.15) is 0 Å². The summed E-state index contributed by atoms with van der Waals surface area (Å²) >= 11 is 1.79. The Hall–Kier alpha value is -1.49. The predicted molar refractivity (Wildman–Crippen MR) is 98.7 cm³/mol. The van der Waals surface area contributed by atoms with Crippen LogP contribution in [0.1, 0.15) is 24.6 Å². The fourth-order valence-electron chi connectivity index (χ4n) is 3.03. The number of nitrogens with zero attached hydrogens (tertiary/aromatic N) is 2. The molecule has 3 rings (SSSR count). The Morgan fingerprint density at radius 1 is 1.30 bits per heavy atom. The zero-order valence-electron chi connectivity index (χ0n) is 13.8. The van der Waals surface area contributed by atoms with E-state index in [0.29, 0.717) is 6.04 Å². The van der Waals surface area contributed by atoms with Crippen LogP contribution < -0.4 is 5.32 Å². The summed E-state index contributed by atoms with van der Waals surface area (Å²) in [5.41, 5.74) is 2.46. The van der Waals surface area contributed by atoms with Gasteiger partial charge in [-0.15, -0.1) is 11.3 Å². The van der Waals surface area contributed by atoms with Gasteiger partial charge in [0.2, 0.25) is 0 Å². The van der Waals surface area contributed by atoms with Crippen molar-refractivity contribution >= 4 is 11.3 Å². The Balaban J connectivity index is 1.47. The van der Waals surface area contributed by atoms with E-state index in [2.05, 4.69) is 53.0 Å². The molecule has 1 aromatic carbocycles. The van der Waals surface area contributed by atoms with Crippen molar-refractivity contribution in [1.29, 1.82) is 0 Å². The van der Waals surface area contributed by atoms with Crippen LogP contribution in [0.2, 0.25) is 0 Å². The van der Waals surface area contributed by atoms with E-state index in [0.717, 1.165) is 18.1 Å². The van der Waals surface area contributed by atoms with E-state index in [-0.39, 0.29) is 0 Å². The third-order valence-corrected chi connectivity index (χ3v) is 5.27. The van der Waals surface area contributed by atoms with Crippen LogP contribution in [-0.2, 0) is 6.54 Å². The molecule has 122 valence electrons. The molecule has 1 aliphatic heterocycles. The van der Waals surface area contributed by atoms with Crippen LogP contribution in [0.15, 0.2) is 48.7 Å². The van der Waals surface area contributed by atoms with Gasteiger partial charge in [0.1, 0.15) is 5.01 Å². The summed E-state index contributed by atoms with van der Waals surface area (Å²) < 4.78 is 0. The molecule has 2 heterocycles. The molecule has 0 saturated carbocycles. The van der Waals surface area contributed by atoms with Gasteiger partial charge in [0.05, 0.1) is 0 Å². The number of nitrogens with one attached hydrogen (secondary N) is 1. The number of aromatic nitrogens is 1. The minimum atomic E-state index is 0.624. The summed E-state index contributed by atoms with van der Waals surface area (Å²) in [6.07, 6.45) is 4.45. The van der Waals surface area contributed by atoms with Crippen LogP contribution in [0.3, 0.4) is 0 Å². The second kappa shape index (κ2) is 7.86. The molecule has 3 nitrogen and oxygen atoms in total. The van der Waals surface area contributed by atoms with E-state index in [1.807, 2.05) is 12.3 Å². The fraction of sp³-hybridized carbons (Fsp3) is 0.421. The maximum atomic E-state index is 4.56. The zero-order valence-corrected chi connectivity index (χ0v) is 14.6. The Labute approximate surface area is 143 Å². The highest BCUT2D eigenvalue weighted by atomic mass is 32.1. The summed E-state index contributed by atoms with van der Waals surface area (Å²) in [6.45, 7) is 10.4. The lowest BCUT2D eigenvalue weighted by molar-refractivity contribution is 0.211. The third kappa shape index (κ3) is 4.74. The lowest BCUT2D eigenvalue weighted by Gasteiger charge is -2.32. The summed E-state index contributed by atoms with van der Waals surface area (Å²) in [7, 11) is 0. The molecule has 0 spiro atoms. The summed E-state index contributed by atoms with van der Waals surface area (Å²) in [4.78, 5) is 8.37. The quantitative estimate of drug-likeness (QED) is 0.815. The molecule has 1 aliphatic rings. The molecule has 0 radical (unpaired) electrons. The minimum Gasteiger partial charge on any atom is -0.309 e. The van der Waals surface area contributed by atoms with Crippen LogP contribution in [0.4, 0.5) is 0 Å². The molecular weight excluding hydrogens is 302 g/mol. The lowest BCUT2D eigenvalue weighted by Crippen LogP contribution is -2.42. The highest BCUT2D eigenvalue weighted by Crippen LogP contribution is 2.25. The Kier molecular flexibility index (Phi) is 5.60. The molecule has 2 aromatic rings. The molecule has 1 aromatic heterocycles. The molecule has 1 saturated heterocycles. The normalized spacial score (nSPS) is 16.6. The lowest BCUT2D eigenvalue weighted by atomic mass is 10.0. The van der Waals surface area contributed by atoms with Crippen molar-refractivity contribution < 1.29 is 0 Å². The van der Waals surface area contributed by atoms with Crippen LogP contribution in [0.5, 0.6) is 0 Å². The van der Waals surface area contributed by atoms with Crippen molar-refractivity contribution in [1.82, 2.24) is 15.2 Å². The van der Waals surface area contributed by atoms with Gasteiger partial charge in [-0.1, -0.05) is 42.5 Å². The molecular formula is C19H25N3S. The highest BCUT2D eigenvalue weighted by molar-refractivity contribution is 7.15. The zero-order chi connectivity index (χ0) is 16.1. The Morgan fingerprint density at radius 3 is 2.74 bits per heavy atom. The number of benzene rings is 1. The topological polar surface area (TPSA) is 28.2 Å². The summed E-state index contributed by atoms with van der Waals surface area (Å²) in [5, 5.41) is 4.81. The highest BCUT2D eigenvalue weighted by Gasteiger charge is 2.18. The first-order valence-corrected chi connectivity index (χ1v) is 9.12. The van der Waals surface area contributed by atoms with Crippen molar-refractivity contribution in [3.8, 4) is 10.6 Å². The first-order valence-electron chi connectivity index (χ1n) is 8.31. The second-order valence-electron chi connectivity index (χ2n) is 6.39. The molecule has 0 amide bonds. The molecule has 0 unspecified atom stereocenters. The molecule has 1 fully saturated rings. The first-order chi connectivity index (χ1) is 11.2. The molecule has 0 bridgehead atoms. The van der Waals surface area contributed by atoms with Crippen molar-refractivity contribution in [2.24, 2.45) is 0 Å². The standard InChI is InChI=1S/C19H25N3S/c1-15(2)14-22-10-8-17(9-11-22)20-12-18-13-21-19(23-18)16-6-4-3-5-7-16/h3-7,13,17,20H,1,8-12,14H2,2H3. The number of likely N-dealkylation sites (tertiary alicyclic amines) is 1. The number of hydrogen-bond acceptors (Lipinski definition) is 4. The Morgan fingerprint density at radius 2 is 2.04 bits per heavy atom. The van der Waals surface area contributed by atoms with Crippen LogP contribution >= 0.6 is 11.3 Å². The number of rotatable bonds is 6. The Bertz CT molecular complexity index is 627. The van der Waals surface area contributed by atoms with Crippen molar-refractivity contribution in [2.45, 2.75) is 32.4 Å². The summed E-state index contributed by atoms with van der Waals surface area (Å²) in [5.74, 6) is 0. The largest absolute Gasteiger partial charge is 0.309 e. The average molecular weight is 327 g/mol. The van der Waals surface area contributed by atoms with Crippen LogP contribution in [0.25, 0.3) is 10.6 Å². The molecule has 23 heavy (non-hydrogen) atoms. The third-order valence-electron chi connectivity index (χ3n) is 4.22. The fourth-order valence-corrected chi connectivity index (χ4v) is 3.89. The maximum absolute atomic E-state index is 4.56. The SMILES string of the molecule is C=C(C)CN1CCC(NCc2cnc(-c3ccccc3)s2)CC1. The minimum absolute atomic E-state index is 0.624. The monoisotopic (exact) mass is 327 g/mol. The van der Waals surface area contributed by atoms with Gasteiger partial charge in [0.15, 0.2) is 0 Å². The maximum Gasteiger partial charge on any atom is 0.123 e. The predicted octanol–water partition coefficient (Wildman–Crippen LogP) is 3.94. The molecule has 4 heteroatoms. The molecule has 0 aliphatic carbocycles. The van der Waals surface area contributed by atoms with Crippen molar-refractivity contribution in [2.75, 3.05) is 19.6 Å². The summed E-state index contributed by atoms with van der Waals surface area (Å²) in [6, 6.07) is 11.0. The van der Waals surface area contributed by atoms with E-state index in [1.54, 1.807) is 11.3 Å². The smallest absolute Gasteiger partial charge is 0.123 e. The van der Waals surface area contributed by atoms with Gasteiger partial charge in [0, 0.05) is 35.8 Å². The van der Waals surface area contributed by atoms with Crippen LogP contribution in [0, 0.1) is 0 Å². The second-order valence-corrected chi connectivity index (χ2v) is 7.50. The number of piperidine rings is 1. The number of hydrogen-bond donors (Lipinski definition) is 1. The number of thiazole rings is 1. The van der Waals surface area contributed by atoms with Gasteiger partial charge < -0.3 is 5.32 Å². The molecule has 0 atom stereocenters. The van der Waals surface area contributed by atoms with Crippen molar-refractivity contribution in [3.63, 3.8) is 0 Å². The van der Waals surface area contributed by atoms with Gasteiger partial charge in [-0.3, -0.25) is 4.90 Å². The van der Waals surface area contributed by atoms with E-state index >= 15 is 0 Å². The van der Waals surface area contributed by atoms with E-state index in [4.69, 9.17) is 0 Å². The van der Waals surface area contributed by atoms with E-state index < -0.39 is 0 Å². The molecule has 1 N–H and O–H groups in total. The van der Waals surface area contributed by atoms with E-state index in [1.165, 1.54) is 41.9 Å². The van der Waals surface area contributed by atoms with Gasteiger partial charge in [-0.05, 0) is 32.9 Å². The average Bonchev–Trinajstić information content (AvgIpc) is 3.04. The first kappa shape index (κ1) is 16.4.